The maximum atomic E-state index is 13.1. The van der Waals surface area contributed by atoms with Crippen LogP contribution < -0.4 is 0 Å². The first-order valence-corrected chi connectivity index (χ1v) is 11.4. The molecule has 1 heterocycles. The number of aliphatic hydroxyl groups is 1. The van der Waals surface area contributed by atoms with Gasteiger partial charge in [-0.3, -0.25) is 9.59 Å². The molecule has 0 aliphatic carbocycles. The van der Waals surface area contributed by atoms with Crippen LogP contribution in [0.5, 0.6) is 0 Å². The minimum absolute atomic E-state index is 0.00353. The Bertz CT molecular complexity index is 607. The summed E-state index contributed by atoms with van der Waals surface area (Å²) in [6.45, 7) is 13.0. The van der Waals surface area contributed by atoms with E-state index in [1.165, 1.54) is 6.92 Å². The van der Waals surface area contributed by atoms with Gasteiger partial charge in [-0.25, -0.2) is 0 Å². The van der Waals surface area contributed by atoms with E-state index in [0.717, 1.165) is 6.42 Å². The van der Waals surface area contributed by atoms with Gasteiger partial charge in [0.05, 0.1) is 23.5 Å². The van der Waals surface area contributed by atoms with Gasteiger partial charge < -0.3 is 24.2 Å². The average molecular weight is 444 g/mol. The lowest BCUT2D eigenvalue weighted by atomic mass is 9.71. The van der Waals surface area contributed by atoms with Crippen LogP contribution in [0.2, 0.25) is 0 Å². The van der Waals surface area contributed by atoms with Crippen molar-refractivity contribution in [3.63, 3.8) is 0 Å². The van der Waals surface area contributed by atoms with Gasteiger partial charge in [0, 0.05) is 25.7 Å². The molecule has 0 aromatic heterocycles. The third kappa shape index (κ3) is 7.06. The molecule has 1 N–H and O–H groups in total. The molecule has 1 aliphatic heterocycles. The number of hydrogen-bond donors (Lipinski definition) is 1. The van der Waals surface area contributed by atoms with Crippen LogP contribution in [0.25, 0.3) is 0 Å². The van der Waals surface area contributed by atoms with Gasteiger partial charge in [0.2, 0.25) is 0 Å². The van der Waals surface area contributed by atoms with E-state index >= 15 is 0 Å². The largest absolute Gasteiger partial charge is 0.396 e. The van der Waals surface area contributed by atoms with E-state index in [4.69, 9.17) is 14.2 Å². The Morgan fingerprint density at radius 2 is 1.81 bits per heavy atom. The smallest absolute Gasteiger partial charge is 0.162 e. The van der Waals surface area contributed by atoms with E-state index in [0.29, 0.717) is 6.42 Å². The summed E-state index contributed by atoms with van der Waals surface area (Å²) in [4.78, 5) is 27.0. The number of Topliss-reactive ketones (excluding diaryl/α,β-unsaturated/α-hetero) is 2. The quantitative estimate of drug-likeness (QED) is 0.464. The van der Waals surface area contributed by atoms with Crippen molar-refractivity contribution < 1.29 is 28.9 Å². The van der Waals surface area contributed by atoms with Gasteiger partial charge in [-0.15, -0.1) is 0 Å². The normalized spacial score (nSPS) is 28.8. The maximum Gasteiger partial charge on any atom is 0.162 e. The fourth-order valence-electron chi connectivity index (χ4n) is 4.85. The summed E-state index contributed by atoms with van der Waals surface area (Å²) < 4.78 is 18.8. The molecule has 1 aliphatic rings. The lowest BCUT2D eigenvalue weighted by molar-refractivity contribution is -0.289. The molecule has 1 saturated heterocycles. The monoisotopic (exact) mass is 443 g/mol. The number of hydrogen-bond acceptors (Lipinski definition) is 7. The summed E-state index contributed by atoms with van der Waals surface area (Å²) in [7, 11) is 5.70. The SMILES string of the molecule is CO[C@](C)(C[C@@H](C)CO)[C@H](OC1OC(C)CC(N(C)C)C1C)C(C)(C)C(=O)CC(C)=O. The van der Waals surface area contributed by atoms with E-state index in [-0.39, 0.29) is 48.6 Å². The number of rotatable bonds is 12. The van der Waals surface area contributed by atoms with Crippen molar-refractivity contribution in [3.05, 3.63) is 0 Å². The van der Waals surface area contributed by atoms with Crippen LogP contribution in [0.3, 0.4) is 0 Å². The van der Waals surface area contributed by atoms with E-state index in [1.807, 2.05) is 34.6 Å². The van der Waals surface area contributed by atoms with Crippen molar-refractivity contribution in [2.24, 2.45) is 17.3 Å². The second-order valence-corrected chi connectivity index (χ2v) is 10.5. The maximum absolute atomic E-state index is 13.1. The minimum Gasteiger partial charge on any atom is -0.396 e. The lowest BCUT2D eigenvalue weighted by Gasteiger charge is -2.49. The molecule has 31 heavy (non-hydrogen) atoms. The first kappa shape index (κ1) is 28.2. The Hall–Kier alpha value is -0.860. The molecule has 1 fully saturated rings. The van der Waals surface area contributed by atoms with Crippen LogP contribution in [0, 0.1) is 17.3 Å². The Morgan fingerprint density at radius 1 is 1.23 bits per heavy atom. The van der Waals surface area contributed by atoms with Gasteiger partial charge in [0.25, 0.3) is 0 Å². The molecule has 0 radical (unpaired) electrons. The molecule has 0 aromatic carbocycles. The summed E-state index contributed by atoms with van der Waals surface area (Å²) in [6, 6.07) is 0.274. The molecule has 0 aromatic rings. The van der Waals surface area contributed by atoms with Crippen molar-refractivity contribution in [3.8, 4) is 0 Å². The molecule has 0 saturated carbocycles. The van der Waals surface area contributed by atoms with Crippen LogP contribution >= 0.6 is 0 Å². The van der Waals surface area contributed by atoms with Gasteiger partial charge in [-0.2, -0.15) is 0 Å². The summed E-state index contributed by atoms with van der Waals surface area (Å²) in [5.74, 6) is -0.342. The molecule has 4 unspecified atom stereocenters. The van der Waals surface area contributed by atoms with Crippen molar-refractivity contribution in [2.45, 2.75) is 97.9 Å². The summed E-state index contributed by atoms with van der Waals surface area (Å²) >= 11 is 0. The highest BCUT2D eigenvalue weighted by Crippen LogP contribution is 2.41. The predicted molar refractivity (Wildman–Crippen MR) is 121 cm³/mol. The van der Waals surface area contributed by atoms with Gasteiger partial charge in [0.1, 0.15) is 17.7 Å². The van der Waals surface area contributed by atoms with E-state index in [1.54, 1.807) is 7.11 Å². The van der Waals surface area contributed by atoms with Crippen LogP contribution in [0.4, 0.5) is 0 Å². The zero-order valence-electron chi connectivity index (χ0n) is 21.2. The number of methoxy groups -OCH3 is 1. The van der Waals surface area contributed by atoms with Gasteiger partial charge >= 0.3 is 0 Å². The molecule has 182 valence electrons. The number of ether oxygens (including phenoxy) is 3. The van der Waals surface area contributed by atoms with Crippen LogP contribution in [0.1, 0.15) is 67.7 Å². The zero-order valence-corrected chi connectivity index (χ0v) is 21.2. The number of carbonyl (C=O) groups excluding carboxylic acids is 2. The minimum atomic E-state index is -0.997. The summed E-state index contributed by atoms with van der Waals surface area (Å²) in [5.41, 5.74) is -1.86. The number of ketones is 2. The second-order valence-electron chi connectivity index (χ2n) is 10.5. The van der Waals surface area contributed by atoms with E-state index in [2.05, 4.69) is 25.9 Å². The lowest BCUT2D eigenvalue weighted by Crippen LogP contribution is -2.59. The predicted octanol–water partition coefficient (Wildman–Crippen LogP) is 3.07. The fraction of sp³-hybridized carbons (Fsp3) is 0.917. The molecule has 7 nitrogen and oxygen atoms in total. The number of carbonyl (C=O) groups is 2. The van der Waals surface area contributed by atoms with Crippen molar-refractivity contribution in [1.82, 2.24) is 4.90 Å². The third-order valence-electron chi connectivity index (χ3n) is 6.78. The Balaban J connectivity index is 3.38. The first-order valence-electron chi connectivity index (χ1n) is 11.4. The van der Waals surface area contributed by atoms with Gasteiger partial charge in [-0.1, -0.05) is 27.7 Å². The van der Waals surface area contributed by atoms with Gasteiger partial charge in [-0.05, 0) is 53.6 Å². The molecule has 0 spiro atoms. The fourth-order valence-corrected chi connectivity index (χ4v) is 4.85. The third-order valence-corrected chi connectivity index (χ3v) is 6.78. The molecule has 7 atom stereocenters. The van der Waals surface area contributed by atoms with Crippen molar-refractivity contribution >= 4 is 11.6 Å². The van der Waals surface area contributed by atoms with Crippen molar-refractivity contribution in [2.75, 3.05) is 27.8 Å². The van der Waals surface area contributed by atoms with Gasteiger partial charge in [0.15, 0.2) is 6.29 Å². The molecular weight excluding hydrogens is 398 g/mol. The zero-order chi connectivity index (χ0) is 24.1. The summed E-state index contributed by atoms with van der Waals surface area (Å²) in [5, 5.41) is 9.66. The van der Waals surface area contributed by atoms with Crippen LogP contribution in [-0.4, -0.2) is 79.5 Å². The average Bonchev–Trinajstić information content (AvgIpc) is 2.66. The van der Waals surface area contributed by atoms with Crippen LogP contribution in [0.15, 0.2) is 0 Å². The van der Waals surface area contributed by atoms with Crippen molar-refractivity contribution in [1.29, 1.82) is 0 Å². The first-order chi connectivity index (χ1) is 14.2. The Kier molecular flexibility index (Phi) is 10.3. The van der Waals surface area contributed by atoms with E-state index < -0.39 is 23.4 Å². The highest BCUT2D eigenvalue weighted by atomic mass is 16.7. The molecule has 0 bridgehead atoms. The topological polar surface area (TPSA) is 85.3 Å². The molecular formula is C24H45NO6. The molecule has 1 rings (SSSR count). The summed E-state index contributed by atoms with van der Waals surface area (Å²) in [6.07, 6.45) is 0.0512. The standard InChI is InChI=1S/C24H45NO6/c1-15(14-26)13-24(7,29-10)22(23(5,6)20(28)11-16(2)27)31-21-18(4)19(25(8)9)12-17(3)30-21/h15,17-19,21-22,26H,11-14H2,1-10H3/t15-,17?,18?,19?,21?,22-,24-/m1/s1. The Morgan fingerprint density at radius 3 is 2.26 bits per heavy atom. The molecule has 0 amide bonds. The highest BCUT2D eigenvalue weighted by Gasteiger charge is 2.52. The number of aliphatic hydroxyl groups excluding tert-OH is 1. The number of nitrogens with zero attached hydrogens (tertiary/aromatic N) is 1. The Labute approximate surface area is 188 Å². The highest BCUT2D eigenvalue weighted by molar-refractivity contribution is 6.00. The second kappa shape index (κ2) is 11.3. The molecule has 7 heteroatoms. The van der Waals surface area contributed by atoms with E-state index in [9.17, 15) is 14.7 Å². The van der Waals surface area contributed by atoms with Crippen LogP contribution in [-0.2, 0) is 23.8 Å².